The number of benzene rings is 1. The van der Waals surface area contributed by atoms with Gasteiger partial charge in [0.25, 0.3) is 5.91 Å². The van der Waals surface area contributed by atoms with Crippen molar-refractivity contribution in [3.63, 3.8) is 0 Å². The third kappa shape index (κ3) is 3.90. The molecule has 0 bridgehead atoms. The molecule has 2 unspecified atom stereocenters. The van der Waals surface area contributed by atoms with Gasteiger partial charge in [-0.1, -0.05) is 30.3 Å². The second-order valence-electron chi connectivity index (χ2n) is 7.39. The minimum atomic E-state index is -0.755. The van der Waals surface area contributed by atoms with Crippen LogP contribution < -0.4 is 11.1 Å². The fourth-order valence-corrected chi connectivity index (χ4v) is 3.83. The third-order valence-corrected chi connectivity index (χ3v) is 5.45. The summed E-state index contributed by atoms with van der Waals surface area (Å²) in [4.78, 5) is 29.5. The van der Waals surface area contributed by atoms with E-state index in [2.05, 4.69) is 5.32 Å². The number of carbonyl (C=O) groups excluding carboxylic acids is 2. The first-order chi connectivity index (χ1) is 12.4. The zero-order valence-corrected chi connectivity index (χ0v) is 15.1. The lowest BCUT2D eigenvalue weighted by Gasteiger charge is -2.45. The van der Waals surface area contributed by atoms with E-state index < -0.39 is 23.5 Å². The first kappa shape index (κ1) is 18.8. The van der Waals surface area contributed by atoms with Crippen LogP contribution >= 0.6 is 0 Å². The summed E-state index contributed by atoms with van der Waals surface area (Å²) in [5, 5.41) is 14.5. The summed E-state index contributed by atoms with van der Waals surface area (Å²) in [7, 11) is 0. The van der Waals surface area contributed by atoms with Crippen LogP contribution in [0.3, 0.4) is 0 Å². The number of rotatable bonds is 8. The summed E-state index contributed by atoms with van der Waals surface area (Å²) >= 11 is 0. The van der Waals surface area contributed by atoms with Gasteiger partial charge in [-0.25, -0.2) is 5.06 Å². The van der Waals surface area contributed by atoms with Crippen molar-refractivity contribution in [1.29, 1.82) is 0 Å². The number of primary amides is 1. The van der Waals surface area contributed by atoms with Crippen LogP contribution in [-0.4, -0.2) is 46.2 Å². The van der Waals surface area contributed by atoms with Crippen molar-refractivity contribution in [2.75, 3.05) is 6.54 Å². The Morgan fingerprint density at radius 3 is 2.81 bits per heavy atom. The quantitative estimate of drug-likeness (QED) is 0.592. The smallest absolute Gasteiger partial charge is 0.268 e. The van der Waals surface area contributed by atoms with Crippen molar-refractivity contribution in [3.05, 3.63) is 35.9 Å². The number of carbonyl (C=O) groups is 2. The highest BCUT2D eigenvalue weighted by Gasteiger charge is 2.56. The van der Waals surface area contributed by atoms with Crippen LogP contribution in [0.25, 0.3) is 0 Å². The van der Waals surface area contributed by atoms with Gasteiger partial charge in [-0.05, 0) is 38.2 Å². The largest absolute Gasteiger partial charge is 0.393 e. The van der Waals surface area contributed by atoms with Gasteiger partial charge in [0.15, 0.2) is 0 Å². The molecule has 0 aliphatic carbocycles. The number of aliphatic hydroxyl groups excluding tert-OH is 1. The lowest BCUT2D eigenvalue weighted by molar-refractivity contribution is -0.231. The lowest BCUT2D eigenvalue weighted by Crippen LogP contribution is -2.71. The highest BCUT2D eigenvalue weighted by Crippen LogP contribution is 2.36. The summed E-state index contributed by atoms with van der Waals surface area (Å²) < 4.78 is 0. The van der Waals surface area contributed by atoms with E-state index in [1.54, 1.807) is 6.92 Å². The summed E-state index contributed by atoms with van der Waals surface area (Å²) in [6.07, 6.45) is 2.10. The molecule has 1 aromatic rings. The van der Waals surface area contributed by atoms with Crippen LogP contribution in [0.15, 0.2) is 30.3 Å². The van der Waals surface area contributed by atoms with Crippen molar-refractivity contribution >= 4 is 11.8 Å². The Morgan fingerprint density at radius 1 is 1.46 bits per heavy atom. The lowest BCUT2D eigenvalue weighted by atomic mass is 9.89. The molecule has 2 aliphatic rings. The molecule has 4 N–H and O–H groups in total. The van der Waals surface area contributed by atoms with E-state index in [0.717, 1.165) is 18.4 Å². The van der Waals surface area contributed by atoms with Crippen molar-refractivity contribution in [3.8, 4) is 0 Å². The van der Waals surface area contributed by atoms with E-state index in [9.17, 15) is 14.7 Å². The summed E-state index contributed by atoms with van der Waals surface area (Å²) in [5.41, 5.74) is 5.83. The molecule has 3 rings (SSSR count). The van der Waals surface area contributed by atoms with Gasteiger partial charge in [0.2, 0.25) is 5.91 Å². The van der Waals surface area contributed by atoms with Crippen LogP contribution in [0, 0.1) is 5.92 Å². The van der Waals surface area contributed by atoms with Crippen molar-refractivity contribution in [1.82, 2.24) is 10.4 Å². The Balaban J connectivity index is 1.45. The highest BCUT2D eigenvalue weighted by atomic mass is 16.7. The fourth-order valence-electron chi connectivity index (χ4n) is 3.83. The predicted octanol–water partition coefficient (Wildman–Crippen LogP) is 0.714. The maximum atomic E-state index is 12.5. The molecule has 4 atom stereocenters. The van der Waals surface area contributed by atoms with E-state index in [1.165, 1.54) is 5.06 Å². The SMILES string of the molecule is C[C@@H](O)[C@H](CCC1CCC2(CN(OCc3ccccc3)C2=O)N1)C(N)=O. The standard InChI is InChI=1S/C19H27N3O4/c1-13(23)16(17(20)24)8-7-15-9-10-19(21-15)12-22(18(19)25)26-11-14-5-3-2-4-6-14/h2-6,13,15-16,21,23H,7-12H2,1H3,(H2,20,24)/t13-,15?,16+,19?/m1/s1. The number of hydrogen-bond acceptors (Lipinski definition) is 5. The third-order valence-electron chi connectivity index (χ3n) is 5.45. The maximum absolute atomic E-state index is 12.5. The molecule has 2 saturated heterocycles. The molecule has 1 spiro atoms. The normalized spacial score (nSPS) is 27.4. The number of hydrogen-bond donors (Lipinski definition) is 3. The highest BCUT2D eigenvalue weighted by molar-refractivity contribution is 5.92. The molecule has 142 valence electrons. The molecule has 26 heavy (non-hydrogen) atoms. The van der Waals surface area contributed by atoms with Crippen molar-refractivity contribution in [2.24, 2.45) is 11.7 Å². The molecular formula is C19H27N3O4. The van der Waals surface area contributed by atoms with Gasteiger partial charge in [-0.15, -0.1) is 0 Å². The number of nitrogens with two attached hydrogens (primary N) is 1. The average molecular weight is 361 g/mol. The molecule has 0 saturated carbocycles. The topological polar surface area (TPSA) is 105 Å². The number of aliphatic hydroxyl groups is 1. The average Bonchev–Trinajstić information content (AvgIpc) is 3.05. The second kappa shape index (κ2) is 7.73. The summed E-state index contributed by atoms with van der Waals surface area (Å²) in [5.74, 6) is -1.05. The Morgan fingerprint density at radius 2 is 2.19 bits per heavy atom. The first-order valence-electron chi connectivity index (χ1n) is 9.15. The van der Waals surface area contributed by atoms with Crippen LogP contribution in [0.1, 0.15) is 38.2 Å². The molecule has 2 heterocycles. The molecule has 2 aliphatic heterocycles. The minimum Gasteiger partial charge on any atom is -0.393 e. The second-order valence-corrected chi connectivity index (χ2v) is 7.39. The predicted molar refractivity (Wildman–Crippen MR) is 95.4 cm³/mol. The van der Waals surface area contributed by atoms with Crippen molar-refractivity contribution < 1.29 is 19.5 Å². The Kier molecular flexibility index (Phi) is 5.60. The Bertz CT molecular complexity index is 651. The van der Waals surface area contributed by atoms with Gasteiger partial charge in [0.1, 0.15) is 12.1 Å². The number of amides is 2. The first-order valence-corrected chi connectivity index (χ1v) is 9.15. The zero-order chi connectivity index (χ0) is 18.7. The number of β-lactam (4-membered cyclic amide) rings is 1. The van der Waals surface area contributed by atoms with Gasteiger partial charge >= 0.3 is 0 Å². The monoisotopic (exact) mass is 361 g/mol. The minimum absolute atomic E-state index is 0.0297. The Hall–Kier alpha value is -1.96. The maximum Gasteiger partial charge on any atom is 0.268 e. The van der Waals surface area contributed by atoms with E-state index >= 15 is 0 Å². The molecular weight excluding hydrogens is 334 g/mol. The van der Waals surface area contributed by atoms with Gasteiger partial charge < -0.3 is 10.8 Å². The van der Waals surface area contributed by atoms with E-state index in [1.807, 2.05) is 30.3 Å². The fraction of sp³-hybridized carbons (Fsp3) is 0.579. The molecule has 7 heteroatoms. The summed E-state index contributed by atoms with van der Waals surface area (Å²) in [6.45, 7) is 2.49. The molecule has 0 radical (unpaired) electrons. The van der Waals surface area contributed by atoms with Crippen LogP contribution in [0.2, 0.25) is 0 Å². The molecule has 0 aromatic heterocycles. The van der Waals surface area contributed by atoms with Crippen molar-refractivity contribution in [2.45, 2.75) is 56.9 Å². The zero-order valence-electron chi connectivity index (χ0n) is 15.1. The van der Waals surface area contributed by atoms with E-state index in [-0.39, 0.29) is 11.9 Å². The molecule has 2 amide bonds. The van der Waals surface area contributed by atoms with Gasteiger partial charge in [0, 0.05) is 6.04 Å². The number of nitrogens with one attached hydrogen (secondary N) is 1. The van der Waals surface area contributed by atoms with E-state index in [0.29, 0.717) is 26.0 Å². The van der Waals surface area contributed by atoms with Gasteiger partial charge in [0.05, 0.1) is 18.6 Å². The van der Waals surface area contributed by atoms with Gasteiger partial charge in [-0.3, -0.25) is 19.7 Å². The van der Waals surface area contributed by atoms with Crippen LogP contribution in [-0.2, 0) is 21.0 Å². The number of nitrogens with zero attached hydrogens (tertiary/aromatic N) is 1. The number of hydroxylamine groups is 2. The molecule has 7 nitrogen and oxygen atoms in total. The van der Waals surface area contributed by atoms with Crippen LogP contribution in [0.5, 0.6) is 0 Å². The Labute approximate surface area is 153 Å². The van der Waals surface area contributed by atoms with E-state index in [4.69, 9.17) is 10.6 Å². The summed E-state index contributed by atoms with van der Waals surface area (Å²) in [6, 6.07) is 9.89. The molecule has 2 fully saturated rings. The van der Waals surface area contributed by atoms with Crippen LogP contribution in [0.4, 0.5) is 0 Å². The molecule has 1 aromatic carbocycles. The van der Waals surface area contributed by atoms with Gasteiger partial charge in [-0.2, -0.15) is 0 Å².